The molecule has 4 nitrogen and oxygen atoms in total. The molecule has 0 bridgehead atoms. The number of hydrogen-bond donors (Lipinski definition) is 2. The van der Waals surface area contributed by atoms with E-state index in [0.29, 0.717) is 19.5 Å². The monoisotopic (exact) mass is 348 g/mol. The number of aromatic amines is 1. The Morgan fingerprint density at radius 3 is 2.65 bits per heavy atom. The third kappa shape index (κ3) is 3.51. The van der Waals surface area contributed by atoms with Crippen LogP contribution in [0, 0.1) is 5.92 Å². The highest BCUT2D eigenvalue weighted by molar-refractivity contribution is 5.98. The molecule has 3 aromatic rings. The predicted octanol–water partition coefficient (Wildman–Crippen LogP) is 3.62. The molecule has 0 spiro atoms. The fourth-order valence-electron chi connectivity index (χ4n) is 3.87. The van der Waals surface area contributed by atoms with Gasteiger partial charge in [-0.3, -0.25) is 4.79 Å². The van der Waals surface area contributed by atoms with Gasteiger partial charge in [-0.1, -0.05) is 36.4 Å². The van der Waals surface area contributed by atoms with Crippen molar-refractivity contribution in [2.75, 3.05) is 13.1 Å². The number of H-pyrrole nitrogens is 1. The first kappa shape index (κ1) is 16.9. The first-order valence-corrected chi connectivity index (χ1v) is 9.29. The van der Waals surface area contributed by atoms with Crippen molar-refractivity contribution in [1.82, 2.24) is 9.88 Å². The summed E-state index contributed by atoms with van der Waals surface area (Å²) in [6.45, 7) is 1.41. The highest BCUT2D eigenvalue weighted by Crippen LogP contribution is 2.25. The third-order valence-electron chi connectivity index (χ3n) is 5.46. The average molecular weight is 348 g/mol. The van der Waals surface area contributed by atoms with Crippen LogP contribution >= 0.6 is 0 Å². The Bertz CT molecular complexity index is 879. The van der Waals surface area contributed by atoms with E-state index in [1.807, 2.05) is 53.6 Å². The summed E-state index contributed by atoms with van der Waals surface area (Å²) in [5, 5.41) is 11.7. The molecular weight excluding hydrogens is 324 g/mol. The van der Waals surface area contributed by atoms with Crippen LogP contribution in [0.25, 0.3) is 10.9 Å². The zero-order chi connectivity index (χ0) is 17.9. The molecule has 1 aliphatic rings. The molecule has 134 valence electrons. The molecule has 0 radical (unpaired) electrons. The number of nitrogens with zero attached hydrogens (tertiary/aromatic N) is 1. The van der Waals surface area contributed by atoms with Crippen LogP contribution in [0.1, 0.15) is 28.8 Å². The van der Waals surface area contributed by atoms with Crippen LogP contribution < -0.4 is 0 Å². The lowest BCUT2D eigenvalue weighted by atomic mass is 9.87. The van der Waals surface area contributed by atoms with Crippen molar-refractivity contribution < 1.29 is 9.90 Å². The van der Waals surface area contributed by atoms with Gasteiger partial charge in [-0.05, 0) is 54.3 Å². The van der Waals surface area contributed by atoms with Crippen LogP contribution in [0.15, 0.2) is 60.8 Å². The Balaban J connectivity index is 1.36. The molecular formula is C22H24N2O2. The summed E-state index contributed by atoms with van der Waals surface area (Å²) in [6.07, 6.45) is 3.93. The Kier molecular flexibility index (Phi) is 4.76. The summed E-state index contributed by atoms with van der Waals surface area (Å²) in [7, 11) is 0. The third-order valence-corrected chi connectivity index (χ3v) is 5.46. The summed E-state index contributed by atoms with van der Waals surface area (Å²) in [4.78, 5) is 17.9. The Hall–Kier alpha value is -2.59. The van der Waals surface area contributed by atoms with E-state index in [9.17, 15) is 9.90 Å². The number of rotatable bonds is 4. The second-order valence-electron chi connectivity index (χ2n) is 7.17. The molecule has 2 aromatic carbocycles. The molecule has 4 rings (SSSR count). The fourth-order valence-corrected chi connectivity index (χ4v) is 3.87. The lowest BCUT2D eigenvalue weighted by molar-refractivity contribution is 0.0467. The molecule has 1 fully saturated rings. The van der Waals surface area contributed by atoms with E-state index in [-0.39, 0.29) is 17.9 Å². The van der Waals surface area contributed by atoms with E-state index in [1.165, 1.54) is 0 Å². The van der Waals surface area contributed by atoms with Crippen molar-refractivity contribution in [2.45, 2.75) is 25.4 Å². The van der Waals surface area contributed by atoms with Gasteiger partial charge in [-0.25, -0.2) is 0 Å². The van der Waals surface area contributed by atoms with Crippen LogP contribution in [0.4, 0.5) is 0 Å². The van der Waals surface area contributed by atoms with Crippen LogP contribution in [-0.4, -0.2) is 40.1 Å². The summed E-state index contributed by atoms with van der Waals surface area (Å²) in [6, 6.07) is 17.9. The maximum Gasteiger partial charge on any atom is 0.253 e. The number of carbonyl (C=O) groups is 1. The first-order chi connectivity index (χ1) is 12.7. The highest BCUT2D eigenvalue weighted by Gasteiger charge is 2.28. The normalized spacial score (nSPS) is 16.7. The predicted molar refractivity (Wildman–Crippen MR) is 103 cm³/mol. The summed E-state index contributed by atoms with van der Waals surface area (Å²) in [5.74, 6) is 0.336. The summed E-state index contributed by atoms with van der Waals surface area (Å²) < 4.78 is 0. The van der Waals surface area contributed by atoms with Crippen molar-refractivity contribution in [3.05, 3.63) is 71.9 Å². The molecule has 2 N–H and O–H groups in total. The van der Waals surface area contributed by atoms with Crippen LogP contribution in [0.5, 0.6) is 0 Å². The van der Waals surface area contributed by atoms with Gasteiger partial charge in [-0.2, -0.15) is 0 Å². The van der Waals surface area contributed by atoms with Gasteiger partial charge in [0.05, 0.1) is 6.10 Å². The number of aromatic nitrogens is 1. The van der Waals surface area contributed by atoms with Gasteiger partial charge in [0.1, 0.15) is 0 Å². The largest absolute Gasteiger partial charge is 0.392 e. The standard InChI is InChI=1S/C22H24N2O2/c25-21(14-16-4-2-1-3-5-16)18-9-12-24(13-10-18)22(26)19-7-6-17-8-11-23-20(17)15-19/h1-8,11,15,18,21,23,25H,9-10,12-14H2/t21-/m1/s1. The summed E-state index contributed by atoms with van der Waals surface area (Å²) in [5.41, 5.74) is 2.88. The number of benzene rings is 2. The number of nitrogens with one attached hydrogen (secondary N) is 1. The number of aliphatic hydroxyl groups excluding tert-OH is 1. The van der Waals surface area contributed by atoms with Crippen LogP contribution in [0.3, 0.4) is 0 Å². The number of hydrogen-bond acceptors (Lipinski definition) is 2. The zero-order valence-electron chi connectivity index (χ0n) is 14.8. The Morgan fingerprint density at radius 1 is 1.12 bits per heavy atom. The number of fused-ring (bicyclic) bond motifs is 1. The van der Waals surface area contributed by atoms with Gasteiger partial charge in [0.15, 0.2) is 0 Å². The van der Waals surface area contributed by atoms with E-state index in [0.717, 1.165) is 34.9 Å². The van der Waals surface area contributed by atoms with Gasteiger partial charge < -0.3 is 15.0 Å². The SMILES string of the molecule is O=C(c1ccc2cc[nH]c2c1)N1CCC([C@H](O)Cc2ccccc2)CC1. The van der Waals surface area contributed by atoms with Crippen LogP contribution in [-0.2, 0) is 6.42 Å². The lowest BCUT2D eigenvalue weighted by Gasteiger charge is -2.34. The van der Waals surface area contributed by atoms with Crippen molar-refractivity contribution in [3.63, 3.8) is 0 Å². The van der Waals surface area contributed by atoms with Crippen molar-refractivity contribution in [3.8, 4) is 0 Å². The van der Waals surface area contributed by atoms with Gasteiger partial charge in [-0.15, -0.1) is 0 Å². The Labute approximate surface area is 153 Å². The van der Waals surface area contributed by atoms with Gasteiger partial charge in [0, 0.05) is 30.4 Å². The molecule has 1 atom stereocenters. The second-order valence-corrected chi connectivity index (χ2v) is 7.17. The van der Waals surface area contributed by atoms with E-state index in [4.69, 9.17) is 0 Å². The molecule has 0 aliphatic carbocycles. The molecule has 1 amide bonds. The fraction of sp³-hybridized carbons (Fsp3) is 0.318. The maximum atomic E-state index is 12.8. The molecule has 2 heterocycles. The molecule has 26 heavy (non-hydrogen) atoms. The number of amides is 1. The van der Waals surface area contributed by atoms with Crippen molar-refractivity contribution >= 4 is 16.8 Å². The zero-order valence-corrected chi connectivity index (χ0v) is 14.8. The van der Waals surface area contributed by atoms with E-state index in [1.54, 1.807) is 0 Å². The maximum absolute atomic E-state index is 12.8. The topological polar surface area (TPSA) is 56.3 Å². The van der Waals surface area contributed by atoms with Gasteiger partial charge >= 0.3 is 0 Å². The smallest absolute Gasteiger partial charge is 0.253 e. The number of piperidine rings is 1. The molecule has 0 saturated carbocycles. The number of likely N-dealkylation sites (tertiary alicyclic amines) is 1. The summed E-state index contributed by atoms with van der Waals surface area (Å²) >= 11 is 0. The van der Waals surface area contributed by atoms with Gasteiger partial charge in [0.25, 0.3) is 5.91 Å². The van der Waals surface area contributed by atoms with Crippen molar-refractivity contribution in [2.24, 2.45) is 5.92 Å². The first-order valence-electron chi connectivity index (χ1n) is 9.29. The molecule has 1 aromatic heterocycles. The molecule has 4 heteroatoms. The number of aliphatic hydroxyl groups is 1. The average Bonchev–Trinajstić information content (AvgIpc) is 3.16. The van der Waals surface area contributed by atoms with Gasteiger partial charge in [0.2, 0.25) is 0 Å². The second kappa shape index (κ2) is 7.34. The Morgan fingerprint density at radius 2 is 1.88 bits per heavy atom. The molecule has 1 aliphatic heterocycles. The minimum atomic E-state index is -0.343. The van der Waals surface area contributed by atoms with Crippen molar-refractivity contribution in [1.29, 1.82) is 0 Å². The quantitative estimate of drug-likeness (QED) is 0.756. The van der Waals surface area contributed by atoms with E-state index in [2.05, 4.69) is 17.1 Å². The number of carbonyl (C=O) groups excluding carboxylic acids is 1. The van der Waals surface area contributed by atoms with E-state index >= 15 is 0 Å². The highest BCUT2D eigenvalue weighted by atomic mass is 16.3. The molecule has 0 unspecified atom stereocenters. The minimum Gasteiger partial charge on any atom is -0.392 e. The van der Waals surface area contributed by atoms with E-state index < -0.39 is 0 Å². The van der Waals surface area contributed by atoms with Crippen LogP contribution in [0.2, 0.25) is 0 Å². The minimum absolute atomic E-state index is 0.0810. The molecule has 1 saturated heterocycles. The lowest BCUT2D eigenvalue weighted by Crippen LogP contribution is -2.41.